The number of nitrogens with zero attached hydrogens (tertiary/aromatic N) is 3. The fourth-order valence-electron chi connectivity index (χ4n) is 2.49. The van der Waals surface area contributed by atoms with Crippen LogP contribution < -0.4 is 15.4 Å². The van der Waals surface area contributed by atoms with Gasteiger partial charge < -0.3 is 20.1 Å². The number of carbonyl (C=O) groups is 1. The molecule has 2 aromatic heterocycles. The highest BCUT2D eigenvalue weighted by atomic mass is 19.3. The first-order valence-corrected chi connectivity index (χ1v) is 8.72. The van der Waals surface area contributed by atoms with Crippen molar-refractivity contribution in [1.29, 1.82) is 0 Å². The zero-order valence-electron chi connectivity index (χ0n) is 16.1. The van der Waals surface area contributed by atoms with Gasteiger partial charge in [-0.15, -0.1) is 0 Å². The van der Waals surface area contributed by atoms with Gasteiger partial charge in [0.2, 0.25) is 11.7 Å². The Morgan fingerprint density at radius 3 is 2.62 bits per heavy atom. The molecular formula is C18H20F3N5O3. The Kier molecular flexibility index (Phi) is 5.60. The van der Waals surface area contributed by atoms with Crippen LogP contribution in [-0.2, 0) is 15.5 Å². The summed E-state index contributed by atoms with van der Waals surface area (Å²) >= 11 is 0. The van der Waals surface area contributed by atoms with Crippen molar-refractivity contribution in [3.05, 3.63) is 29.8 Å². The first-order chi connectivity index (χ1) is 13.5. The lowest BCUT2D eigenvalue weighted by Crippen LogP contribution is -2.50. The van der Waals surface area contributed by atoms with Crippen LogP contribution in [0.3, 0.4) is 0 Å². The van der Waals surface area contributed by atoms with Crippen molar-refractivity contribution in [1.82, 2.24) is 15.0 Å². The molecule has 0 aliphatic carbocycles. The average Bonchev–Trinajstić information content (AvgIpc) is 2.57. The van der Waals surface area contributed by atoms with Crippen molar-refractivity contribution in [2.45, 2.75) is 32.4 Å². The number of ether oxygens (including phenoxy) is 2. The minimum Gasteiger partial charge on any atom is -0.486 e. The molecule has 156 valence electrons. The van der Waals surface area contributed by atoms with Crippen LogP contribution in [0.25, 0.3) is 0 Å². The summed E-state index contributed by atoms with van der Waals surface area (Å²) in [5.74, 6) is -3.79. The van der Waals surface area contributed by atoms with E-state index in [1.54, 1.807) is 6.92 Å². The Morgan fingerprint density at radius 2 is 2.03 bits per heavy atom. The Morgan fingerprint density at radius 1 is 1.31 bits per heavy atom. The van der Waals surface area contributed by atoms with E-state index in [1.165, 1.54) is 25.3 Å². The Labute approximate surface area is 164 Å². The summed E-state index contributed by atoms with van der Waals surface area (Å²) in [5.41, 5.74) is -1.01. The third-order valence-corrected chi connectivity index (χ3v) is 3.89. The van der Waals surface area contributed by atoms with Crippen molar-refractivity contribution in [2.75, 3.05) is 30.5 Å². The number of rotatable bonds is 7. The van der Waals surface area contributed by atoms with Crippen LogP contribution in [-0.4, -0.2) is 46.3 Å². The van der Waals surface area contributed by atoms with Crippen molar-refractivity contribution in [3.8, 4) is 5.75 Å². The highest BCUT2D eigenvalue weighted by molar-refractivity contribution is 5.88. The van der Waals surface area contributed by atoms with Gasteiger partial charge in [-0.25, -0.2) is 19.3 Å². The van der Waals surface area contributed by atoms with Gasteiger partial charge in [0, 0.05) is 31.7 Å². The van der Waals surface area contributed by atoms with E-state index in [9.17, 15) is 18.0 Å². The summed E-state index contributed by atoms with van der Waals surface area (Å²) in [6.45, 7) is 3.14. The molecular weight excluding hydrogens is 391 g/mol. The predicted molar refractivity (Wildman–Crippen MR) is 98.3 cm³/mol. The number of anilines is 3. The van der Waals surface area contributed by atoms with Crippen LogP contribution in [0.1, 0.15) is 25.4 Å². The van der Waals surface area contributed by atoms with Crippen LogP contribution in [0.5, 0.6) is 5.75 Å². The minimum absolute atomic E-state index is 0.0762. The quantitative estimate of drug-likeness (QED) is 0.722. The molecule has 3 heterocycles. The van der Waals surface area contributed by atoms with E-state index in [1.807, 2.05) is 0 Å². The van der Waals surface area contributed by atoms with E-state index in [-0.39, 0.29) is 48.8 Å². The minimum atomic E-state index is -3.23. The van der Waals surface area contributed by atoms with Crippen LogP contribution in [0.4, 0.5) is 30.5 Å². The maximum Gasteiger partial charge on any atom is 0.303 e. The number of carbonyl (C=O) groups excluding carboxylic acids is 1. The molecule has 1 saturated heterocycles. The molecule has 8 nitrogen and oxygen atoms in total. The number of amides is 1. The molecule has 2 aromatic rings. The van der Waals surface area contributed by atoms with Gasteiger partial charge in [-0.2, -0.15) is 8.78 Å². The second-order valence-electron chi connectivity index (χ2n) is 6.91. The first-order valence-electron chi connectivity index (χ1n) is 8.72. The summed E-state index contributed by atoms with van der Waals surface area (Å²) < 4.78 is 51.9. The van der Waals surface area contributed by atoms with Gasteiger partial charge >= 0.3 is 5.92 Å². The summed E-state index contributed by atoms with van der Waals surface area (Å²) in [6, 6.07) is 2.90. The number of aryl methyl sites for hydroxylation is 1. The lowest BCUT2D eigenvalue weighted by atomic mass is 10.1. The van der Waals surface area contributed by atoms with E-state index in [2.05, 4.69) is 25.6 Å². The third kappa shape index (κ3) is 5.31. The molecule has 0 saturated carbocycles. The molecule has 0 spiro atoms. The zero-order valence-corrected chi connectivity index (χ0v) is 16.1. The van der Waals surface area contributed by atoms with Gasteiger partial charge in [0.15, 0.2) is 11.4 Å². The van der Waals surface area contributed by atoms with E-state index < -0.39 is 17.4 Å². The molecule has 0 aromatic carbocycles. The number of pyridine rings is 1. The van der Waals surface area contributed by atoms with Crippen molar-refractivity contribution in [3.63, 3.8) is 0 Å². The highest BCUT2D eigenvalue weighted by Gasteiger charge is 2.40. The fourth-order valence-corrected chi connectivity index (χ4v) is 2.49. The van der Waals surface area contributed by atoms with E-state index in [0.29, 0.717) is 12.6 Å². The summed E-state index contributed by atoms with van der Waals surface area (Å²) in [7, 11) is 0. The Bertz CT molecular complexity index is 916. The summed E-state index contributed by atoms with van der Waals surface area (Å²) in [5, 5.41) is 5.36. The van der Waals surface area contributed by atoms with Gasteiger partial charge in [0.05, 0.1) is 25.1 Å². The average molecular weight is 411 g/mol. The van der Waals surface area contributed by atoms with E-state index >= 15 is 0 Å². The largest absolute Gasteiger partial charge is 0.486 e. The molecule has 1 aliphatic heterocycles. The molecule has 1 fully saturated rings. The maximum atomic E-state index is 14.2. The highest BCUT2D eigenvalue weighted by Crippen LogP contribution is 2.32. The predicted octanol–water partition coefficient (Wildman–Crippen LogP) is 3.11. The zero-order chi connectivity index (χ0) is 21.2. The molecule has 29 heavy (non-hydrogen) atoms. The normalized spacial score (nSPS) is 15.4. The number of alkyl halides is 3. The molecule has 0 radical (unpaired) electrons. The monoisotopic (exact) mass is 411 g/mol. The maximum absolute atomic E-state index is 14.2. The van der Waals surface area contributed by atoms with Crippen molar-refractivity contribution >= 4 is 23.2 Å². The van der Waals surface area contributed by atoms with Crippen molar-refractivity contribution < 1.29 is 27.4 Å². The molecule has 0 unspecified atom stereocenters. The Hall–Kier alpha value is -2.95. The van der Waals surface area contributed by atoms with Gasteiger partial charge in [-0.3, -0.25) is 4.79 Å². The number of nitrogens with one attached hydrogen (secondary N) is 2. The Balaban J connectivity index is 1.90. The molecule has 1 aliphatic rings. The van der Waals surface area contributed by atoms with Crippen LogP contribution in [0, 0.1) is 6.92 Å². The van der Waals surface area contributed by atoms with Gasteiger partial charge in [0.1, 0.15) is 18.2 Å². The van der Waals surface area contributed by atoms with Gasteiger partial charge in [-0.05, 0) is 6.92 Å². The number of aromatic nitrogens is 3. The van der Waals surface area contributed by atoms with E-state index in [0.717, 1.165) is 0 Å². The summed E-state index contributed by atoms with van der Waals surface area (Å²) in [6.07, 6.45) is 1.29. The number of halogens is 3. The third-order valence-electron chi connectivity index (χ3n) is 3.89. The van der Waals surface area contributed by atoms with Crippen LogP contribution in [0.15, 0.2) is 18.3 Å². The van der Waals surface area contributed by atoms with Crippen LogP contribution >= 0.6 is 0 Å². The lowest BCUT2D eigenvalue weighted by Gasteiger charge is -2.33. The first kappa shape index (κ1) is 20.8. The van der Waals surface area contributed by atoms with E-state index in [4.69, 9.17) is 9.47 Å². The van der Waals surface area contributed by atoms with Crippen LogP contribution in [0.2, 0.25) is 0 Å². The van der Waals surface area contributed by atoms with Crippen molar-refractivity contribution in [2.24, 2.45) is 0 Å². The molecule has 11 heteroatoms. The second kappa shape index (κ2) is 7.82. The van der Waals surface area contributed by atoms with Gasteiger partial charge in [-0.1, -0.05) is 0 Å². The number of hydrogen-bond acceptors (Lipinski definition) is 7. The second-order valence-corrected chi connectivity index (χ2v) is 6.91. The smallest absolute Gasteiger partial charge is 0.303 e. The SMILES string of the molecule is CC(=O)Nc1cc(Nc2cc(C)nc(C(C)(F)F)n2)c(OCC2(F)COC2)cn1. The number of hydrogen-bond donors (Lipinski definition) is 2. The van der Waals surface area contributed by atoms with Gasteiger partial charge in [0.25, 0.3) is 0 Å². The summed E-state index contributed by atoms with van der Waals surface area (Å²) in [4.78, 5) is 22.9. The topological polar surface area (TPSA) is 98.3 Å². The molecule has 3 rings (SSSR count). The molecule has 1 amide bonds. The standard InChI is InChI=1S/C18H20F3N5O3/c1-10-4-15(26-16(23-10)17(3,19)20)25-12-5-14(24-11(2)27)22-6-13(12)29-9-18(21)7-28-8-18/h4-6H,7-9H2,1-3H3,(H2,22,23,24,25,26,27). The lowest BCUT2D eigenvalue weighted by molar-refractivity contribution is -0.146. The molecule has 2 N–H and O–H groups in total. The molecule has 0 atom stereocenters. The fraction of sp³-hybridized carbons (Fsp3) is 0.444. The molecule has 0 bridgehead atoms.